The lowest BCUT2D eigenvalue weighted by Gasteiger charge is -2.30. The van der Waals surface area contributed by atoms with Gasteiger partial charge in [0.25, 0.3) is 5.91 Å². The van der Waals surface area contributed by atoms with Crippen molar-refractivity contribution in [3.05, 3.63) is 53.6 Å². The van der Waals surface area contributed by atoms with E-state index in [-0.39, 0.29) is 11.9 Å². The number of carbonyl (C=O) groups excluding carboxylic acids is 2. The number of benzene rings is 2. The van der Waals surface area contributed by atoms with Gasteiger partial charge in [0.05, 0.1) is 13.1 Å². The van der Waals surface area contributed by atoms with Crippen molar-refractivity contribution in [3.63, 3.8) is 0 Å². The Hall–Kier alpha value is -3.39. The number of amides is 3. The van der Waals surface area contributed by atoms with Crippen LogP contribution in [0.2, 0.25) is 0 Å². The van der Waals surface area contributed by atoms with Gasteiger partial charge in [0.15, 0.2) is 0 Å². The van der Waals surface area contributed by atoms with Crippen molar-refractivity contribution in [1.29, 1.82) is 0 Å². The van der Waals surface area contributed by atoms with Gasteiger partial charge >= 0.3 is 6.03 Å². The van der Waals surface area contributed by atoms with Crippen molar-refractivity contribution in [3.8, 4) is 11.1 Å². The zero-order valence-electron chi connectivity index (χ0n) is 24.8. The molecule has 1 N–H and O–H groups in total. The first-order valence-corrected chi connectivity index (χ1v) is 14.9. The van der Waals surface area contributed by atoms with Gasteiger partial charge in [0, 0.05) is 50.5 Å². The lowest BCUT2D eigenvalue weighted by atomic mass is 10.0. The third-order valence-corrected chi connectivity index (χ3v) is 7.62. The summed E-state index contributed by atoms with van der Waals surface area (Å²) in [7, 11) is 4.08. The average Bonchev–Trinajstić information content (AvgIpc) is 3.43. The van der Waals surface area contributed by atoms with Crippen LogP contribution >= 0.6 is 0 Å². The molecule has 216 valence electrons. The topological polar surface area (TPSA) is 71.5 Å². The van der Waals surface area contributed by atoms with Crippen LogP contribution in [-0.4, -0.2) is 97.3 Å². The maximum absolute atomic E-state index is 13.7. The van der Waals surface area contributed by atoms with Gasteiger partial charge in [-0.3, -0.25) is 9.79 Å². The highest BCUT2D eigenvalue weighted by Crippen LogP contribution is 2.29. The molecule has 0 aromatic heterocycles. The minimum absolute atomic E-state index is 0.0765. The molecule has 8 nitrogen and oxygen atoms in total. The molecule has 8 heteroatoms. The molecule has 0 spiro atoms. The summed E-state index contributed by atoms with van der Waals surface area (Å²) in [5.41, 5.74) is 4.91. The van der Waals surface area contributed by atoms with Crippen molar-refractivity contribution in [2.45, 2.75) is 52.5 Å². The Morgan fingerprint density at radius 3 is 2.27 bits per heavy atom. The first-order valence-electron chi connectivity index (χ1n) is 14.9. The number of unbranched alkanes of at least 4 members (excludes halogenated alkanes) is 1. The maximum Gasteiger partial charge on any atom is 0.320 e. The fourth-order valence-corrected chi connectivity index (χ4v) is 5.29. The number of hydrogen-bond donors (Lipinski definition) is 1. The molecule has 1 saturated heterocycles. The number of anilines is 1. The number of rotatable bonds is 10. The summed E-state index contributed by atoms with van der Waals surface area (Å²) in [6.45, 7) is 10.0. The standard InChI is InChI=1S/C32H46N6O2/c1-5-7-18-37(17-6-2)32(40)38-23-28-15-14-27(22-29(28)34-30(24-38)33-16-21-35(3)4)25-10-12-26(13-11-25)31(39)36-19-8-9-20-36/h10-15,22H,5-9,16-21,23-24H2,1-4H3,(H,33,34). The molecule has 3 amide bonds. The number of aliphatic imine (C=N–C) groups is 1. The van der Waals surface area contributed by atoms with Crippen LogP contribution in [0.4, 0.5) is 10.5 Å². The van der Waals surface area contributed by atoms with Crippen LogP contribution in [0.5, 0.6) is 0 Å². The van der Waals surface area contributed by atoms with Crippen LogP contribution in [0.3, 0.4) is 0 Å². The smallest absolute Gasteiger partial charge is 0.320 e. The van der Waals surface area contributed by atoms with Gasteiger partial charge in [-0.2, -0.15) is 0 Å². The summed E-state index contributed by atoms with van der Waals surface area (Å²) in [6, 6.07) is 14.4. The fraction of sp³-hybridized carbons (Fsp3) is 0.531. The maximum atomic E-state index is 13.7. The predicted octanol–water partition coefficient (Wildman–Crippen LogP) is 5.41. The number of nitrogens with one attached hydrogen (secondary N) is 1. The fourth-order valence-electron chi connectivity index (χ4n) is 5.29. The number of nitrogens with zero attached hydrogens (tertiary/aromatic N) is 5. The van der Waals surface area contributed by atoms with Crippen LogP contribution in [0.25, 0.3) is 11.1 Å². The SMILES string of the molecule is CCCCN(CCC)C(=O)N1CC(=NCCN(C)C)Nc2cc(-c3ccc(C(=O)N4CCCC4)cc3)ccc2C1. The largest absolute Gasteiger partial charge is 0.342 e. The Morgan fingerprint density at radius 1 is 0.875 bits per heavy atom. The average molecular weight is 547 g/mol. The minimum Gasteiger partial charge on any atom is -0.342 e. The number of hydrogen-bond acceptors (Lipinski definition) is 4. The predicted molar refractivity (Wildman–Crippen MR) is 164 cm³/mol. The van der Waals surface area contributed by atoms with E-state index in [4.69, 9.17) is 4.99 Å². The zero-order chi connectivity index (χ0) is 28.5. The Morgan fingerprint density at radius 2 is 1.60 bits per heavy atom. The molecule has 2 aliphatic rings. The summed E-state index contributed by atoms with van der Waals surface area (Å²) in [6.07, 6.45) is 5.18. The zero-order valence-corrected chi connectivity index (χ0v) is 24.8. The van der Waals surface area contributed by atoms with Crippen molar-refractivity contribution in [2.24, 2.45) is 4.99 Å². The van der Waals surface area contributed by atoms with Crippen LogP contribution in [0.15, 0.2) is 47.5 Å². The summed E-state index contributed by atoms with van der Waals surface area (Å²) in [5.74, 6) is 0.927. The molecular weight excluding hydrogens is 500 g/mol. The van der Waals surface area contributed by atoms with Gasteiger partial charge < -0.3 is 24.9 Å². The van der Waals surface area contributed by atoms with E-state index >= 15 is 0 Å². The van der Waals surface area contributed by atoms with E-state index in [1.54, 1.807) is 0 Å². The Kier molecular flexibility index (Phi) is 10.6. The Bertz CT molecular complexity index is 1170. The van der Waals surface area contributed by atoms with Gasteiger partial charge in [0.1, 0.15) is 5.84 Å². The molecule has 2 aromatic carbocycles. The molecule has 2 aromatic rings. The second-order valence-corrected chi connectivity index (χ2v) is 11.2. The third-order valence-electron chi connectivity index (χ3n) is 7.62. The molecule has 0 unspecified atom stereocenters. The Labute approximate surface area is 240 Å². The first-order chi connectivity index (χ1) is 19.4. The normalized spacial score (nSPS) is 16.2. The van der Waals surface area contributed by atoms with Crippen molar-refractivity contribution in [1.82, 2.24) is 19.6 Å². The number of carbonyl (C=O) groups is 2. The van der Waals surface area contributed by atoms with Gasteiger partial charge in [-0.15, -0.1) is 0 Å². The van der Waals surface area contributed by atoms with Crippen LogP contribution < -0.4 is 5.32 Å². The minimum atomic E-state index is 0.0765. The van der Waals surface area contributed by atoms with Gasteiger partial charge in [-0.05, 0) is 74.7 Å². The van der Waals surface area contributed by atoms with Crippen LogP contribution in [0, 0.1) is 0 Å². The summed E-state index contributed by atoms with van der Waals surface area (Å²) in [4.78, 5) is 39.3. The first kappa shape index (κ1) is 29.6. The van der Waals surface area contributed by atoms with E-state index in [1.807, 2.05) is 53.1 Å². The van der Waals surface area contributed by atoms with Crippen molar-refractivity contribution < 1.29 is 9.59 Å². The molecule has 0 saturated carbocycles. The molecule has 2 aliphatic heterocycles. The van der Waals surface area contributed by atoms with E-state index in [0.717, 1.165) is 98.6 Å². The second kappa shape index (κ2) is 14.3. The highest BCUT2D eigenvalue weighted by Gasteiger charge is 2.26. The van der Waals surface area contributed by atoms with Gasteiger partial charge in [-0.25, -0.2) is 4.79 Å². The van der Waals surface area contributed by atoms with E-state index in [0.29, 0.717) is 19.6 Å². The van der Waals surface area contributed by atoms with Gasteiger partial charge in [-0.1, -0.05) is 44.5 Å². The molecule has 0 aliphatic carbocycles. The molecule has 2 heterocycles. The number of urea groups is 1. The monoisotopic (exact) mass is 546 g/mol. The number of likely N-dealkylation sites (N-methyl/N-ethyl adjacent to an activating group) is 1. The van der Waals surface area contributed by atoms with E-state index in [1.165, 1.54) is 0 Å². The molecule has 0 radical (unpaired) electrons. The molecule has 1 fully saturated rings. The number of likely N-dealkylation sites (tertiary alicyclic amines) is 1. The van der Waals surface area contributed by atoms with Crippen LogP contribution in [-0.2, 0) is 6.54 Å². The Balaban J connectivity index is 1.58. The quantitative estimate of drug-likeness (QED) is 0.433. The molecular formula is C32H46N6O2. The molecule has 0 bridgehead atoms. The highest BCUT2D eigenvalue weighted by molar-refractivity contribution is 6.00. The third kappa shape index (κ3) is 7.62. The highest BCUT2D eigenvalue weighted by atomic mass is 16.2. The summed E-state index contributed by atoms with van der Waals surface area (Å²) >= 11 is 0. The van der Waals surface area contributed by atoms with E-state index in [9.17, 15) is 9.59 Å². The number of amidine groups is 1. The van der Waals surface area contributed by atoms with E-state index in [2.05, 4.69) is 42.3 Å². The lowest BCUT2D eigenvalue weighted by molar-refractivity contribution is 0.0793. The summed E-state index contributed by atoms with van der Waals surface area (Å²) < 4.78 is 0. The van der Waals surface area contributed by atoms with Crippen molar-refractivity contribution in [2.75, 3.05) is 65.2 Å². The second-order valence-electron chi connectivity index (χ2n) is 11.2. The van der Waals surface area contributed by atoms with Gasteiger partial charge in [0.2, 0.25) is 0 Å². The lowest BCUT2D eigenvalue weighted by Crippen LogP contribution is -2.45. The molecule has 0 atom stereocenters. The molecule has 4 rings (SSSR count). The van der Waals surface area contributed by atoms with E-state index < -0.39 is 0 Å². The summed E-state index contributed by atoms with van der Waals surface area (Å²) in [5, 5.41) is 3.57. The number of fused-ring (bicyclic) bond motifs is 1. The molecule has 40 heavy (non-hydrogen) atoms. The van der Waals surface area contributed by atoms with Crippen molar-refractivity contribution >= 4 is 23.5 Å². The van der Waals surface area contributed by atoms with Crippen LogP contribution in [0.1, 0.15) is 61.9 Å².